The monoisotopic (exact) mass is 140 g/mol. The van der Waals surface area contributed by atoms with Crippen molar-refractivity contribution in [1.82, 2.24) is 4.90 Å². The quantitative estimate of drug-likeness (QED) is 0.450. The van der Waals surface area contributed by atoms with Crippen LogP contribution in [0.2, 0.25) is 0 Å². The maximum Gasteiger partial charge on any atom is 0.249 e. The van der Waals surface area contributed by atoms with E-state index in [0.29, 0.717) is 6.61 Å². The fraction of sp³-hybridized carbons (Fsp3) is 0.667. The minimum Gasteiger partial charge on any atom is -0.368 e. The van der Waals surface area contributed by atoms with E-state index in [9.17, 15) is 4.79 Å². The summed E-state index contributed by atoms with van der Waals surface area (Å²) in [6.07, 6.45) is 0. The van der Waals surface area contributed by atoms with Crippen LogP contribution in [0.15, 0.2) is 0 Å². The molecule has 1 heterocycles. The molecule has 0 aromatic carbocycles. The van der Waals surface area contributed by atoms with E-state index in [0.717, 1.165) is 0 Å². The van der Waals surface area contributed by atoms with Crippen LogP contribution in [0, 0.1) is 11.3 Å². The zero-order valence-electron chi connectivity index (χ0n) is 5.70. The third-order valence-corrected chi connectivity index (χ3v) is 1.51. The molecule has 4 heteroatoms. The van der Waals surface area contributed by atoms with E-state index in [1.165, 1.54) is 4.90 Å². The highest BCUT2D eigenvalue weighted by Gasteiger charge is 2.24. The number of rotatable bonds is 0. The molecule has 0 N–H and O–H groups in total. The molecule has 0 saturated carbocycles. The Bertz CT molecular complexity index is 185. The second-order valence-corrected chi connectivity index (χ2v) is 2.16. The molecule has 1 aliphatic rings. The number of nitriles is 1. The molecule has 0 bridgehead atoms. The van der Waals surface area contributed by atoms with Gasteiger partial charge in [-0.2, -0.15) is 5.26 Å². The number of hydrogen-bond donors (Lipinski definition) is 0. The van der Waals surface area contributed by atoms with Crippen molar-refractivity contribution in [1.29, 1.82) is 5.26 Å². The van der Waals surface area contributed by atoms with Crippen LogP contribution in [-0.2, 0) is 9.53 Å². The molecule has 0 spiro atoms. The standard InChI is InChI=1S/C6H8N2O2/c1-8-5(2-7)3-10-4-6(8)9/h5H,3-4H2,1H3. The van der Waals surface area contributed by atoms with Crippen molar-refractivity contribution in [2.24, 2.45) is 0 Å². The van der Waals surface area contributed by atoms with E-state index in [4.69, 9.17) is 10.00 Å². The average molecular weight is 140 g/mol. The van der Waals surface area contributed by atoms with Crippen molar-refractivity contribution in [2.45, 2.75) is 6.04 Å². The van der Waals surface area contributed by atoms with Crippen LogP contribution in [0.1, 0.15) is 0 Å². The lowest BCUT2D eigenvalue weighted by molar-refractivity contribution is -0.143. The summed E-state index contributed by atoms with van der Waals surface area (Å²) in [6.45, 7) is 0.438. The van der Waals surface area contributed by atoms with Gasteiger partial charge < -0.3 is 9.64 Å². The van der Waals surface area contributed by atoms with Crippen LogP contribution in [0.3, 0.4) is 0 Å². The first-order chi connectivity index (χ1) is 4.75. The van der Waals surface area contributed by atoms with Crippen molar-refractivity contribution < 1.29 is 9.53 Å². The number of nitrogens with zero attached hydrogens (tertiary/aromatic N) is 2. The molecular formula is C6H8N2O2. The van der Waals surface area contributed by atoms with Crippen LogP contribution in [0.25, 0.3) is 0 Å². The molecule has 0 radical (unpaired) electrons. The summed E-state index contributed by atoms with van der Waals surface area (Å²) in [5.41, 5.74) is 0. The van der Waals surface area contributed by atoms with Gasteiger partial charge in [0.25, 0.3) is 0 Å². The summed E-state index contributed by atoms with van der Waals surface area (Å²) < 4.78 is 4.84. The predicted octanol–water partition coefficient (Wildman–Crippen LogP) is -0.633. The van der Waals surface area contributed by atoms with Gasteiger partial charge in [-0.1, -0.05) is 0 Å². The Morgan fingerprint density at radius 1 is 1.90 bits per heavy atom. The van der Waals surface area contributed by atoms with Gasteiger partial charge in [0.05, 0.1) is 12.7 Å². The number of carbonyl (C=O) groups excluding carboxylic acids is 1. The summed E-state index contributed by atoms with van der Waals surface area (Å²) in [5.74, 6) is -0.127. The third-order valence-electron chi connectivity index (χ3n) is 1.51. The van der Waals surface area contributed by atoms with Gasteiger partial charge in [-0.3, -0.25) is 4.79 Å². The number of morpholine rings is 1. The molecule has 0 aliphatic carbocycles. The van der Waals surface area contributed by atoms with Crippen LogP contribution in [0.5, 0.6) is 0 Å². The Kier molecular flexibility index (Phi) is 1.88. The van der Waals surface area contributed by atoms with Gasteiger partial charge in [-0.15, -0.1) is 0 Å². The molecule has 10 heavy (non-hydrogen) atoms. The smallest absolute Gasteiger partial charge is 0.249 e. The molecule has 1 fully saturated rings. The normalized spacial score (nSPS) is 26.2. The fourth-order valence-corrected chi connectivity index (χ4v) is 0.769. The average Bonchev–Trinajstić information content (AvgIpc) is 1.95. The van der Waals surface area contributed by atoms with Crippen molar-refractivity contribution in [3.05, 3.63) is 0 Å². The Balaban J connectivity index is 2.61. The second-order valence-electron chi connectivity index (χ2n) is 2.16. The molecule has 4 nitrogen and oxygen atoms in total. The number of likely N-dealkylation sites (N-methyl/N-ethyl adjacent to an activating group) is 1. The zero-order valence-corrected chi connectivity index (χ0v) is 5.70. The van der Waals surface area contributed by atoms with Gasteiger partial charge in [0.15, 0.2) is 0 Å². The predicted molar refractivity (Wildman–Crippen MR) is 33.0 cm³/mol. The third kappa shape index (κ3) is 1.09. The lowest BCUT2D eigenvalue weighted by Gasteiger charge is -2.26. The molecule has 1 amide bonds. The van der Waals surface area contributed by atoms with Gasteiger partial charge >= 0.3 is 0 Å². The van der Waals surface area contributed by atoms with Crippen LogP contribution in [0.4, 0.5) is 0 Å². The van der Waals surface area contributed by atoms with Gasteiger partial charge in [0, 0.05) is 7.05 Å². The highest BCUT2D eigenvalue weighted by atomic mass is 16.5. The first-order valence-corrected chi connectivity index (χ1v) is 2.98. The summed E-state index contributed by atoms with van der Waals surface area (Å²) in [6, 6.07) is 1.56. The SMILES string of the molecule is CN1C(=O)COCC1C#N. The number of ether oxygens (including phenoxy) is 1. The molecule has 1 unspecified atom stereocenters. The minimum atomic E-state index is -0.402. The van der Waals surface area contributed by atoms with Gasteiger partial charge in [-0.25, -0.2) is 0 Å². The Hall–Kier alpha value is -1.08. The van der Waals surface area contributed by atoms with Crippen molar-refractivity contribution in [3.8, 4) is 6.07 Å². The van der Waals surface area contributed by atoms with E-state index in [1.807, 2.05) is 6.07 Å². The highest BCUT2D eigenvalue weighted by molar-refractivity contribution is 5.78. The van der Waals surface area contributed by atoms with Crippen LogP contribution < -0.4 is 0 Å². The molecule has 1 saturated heterocycles. The minimum absolute atomic E-state index is 0.106. The molecule has 1 aliphatic heterocycles. The topological polar surface area (TPSA) is 53.3 Å². The van der Waals surface area contributed by atoms with Crippen LogP contribution in [-0.4, -0.2) is 37.1 Å². The first-order valence-electron chi connectivity index (χ1n) is 2.98. The first kappa shape index (κ1) is 7.03. The lowest BCUT2D eigenvalue weighted by Crippen LogP contribution is -2.46. The highest BCUT2D eigenvalue weighted by Crippen LogP contribution is 2.02. The lowest BCUT2D eigenvalue weighted by atomic mass is 10.3. The van der Waals surface area contributed by atoms with Crippen molar-refractivity contribution in [3.63, 3.8) is 0 Å². The van der Waals surface area contributed by atoms with Gasteiger partial charge in [0.2, 0.25) is 5.91 Å². The number of carbonyl (C=O) groups is 1. The van der Waals surface area contributed by atoms with Crippen molar-refractivity contribution >= 4 is 5.91 Å². The van der Waals surface area contributed by atoms with Gasteiger partial charge in [0.1, 0.15) is 12.6 Å². The fourth-order valence-electron chi connectivity index (χ4n) is 0.769. The van der Waals surface area contributed by atoms with Gasteiger partial charge in [-0.05, 0) is 0 Å². The van der Waals surface area contributed by atoms with E-state index < -0.39 is 6.04 Å². The van der Waals surface area contributed by atoms with E-state index in [-0.39, 0.29) is 12.5 Å². The molecule has 0 aromatic rings. The van der Waals surface area contributed by atoms with E-state index in [2.05, 4.69) is 0 Å². The number of amides is 1. The molecule has 54 valence electrons. The Morgan fingerprint density at radius 2 is 2.60 bits per heavy atom. The summed E-state index contributed by atoms with van der Waals surface area (Å²) in [7, 11) is 1.61. The molecular weight excluding hydrogens is 132 g/mol. The molecule has 0 aromatic heterocycles. The number of hydrogen-bond acceptors (Lipinski definition) is 3. The van der Waals surface area contributed by atoms with Crippen molar-refractivity contribution in [2.75, 3.05) is 20.3 Å². The summed E-state index contributed by atoms with van der Waals surface area (Å²) in [4.78, 5) is 12.2. The molecule has 1 atom stereocenters. The largest absolute Gasteiger partial charge is 0.368 e. The second kappa shape index (κ2) is 2.67. The van der Waals surface area contributed by atoms with Crippen LogP contribution >= 0.6 is 0 Å². The van der Waals surface area contributed by atoms with E-state index >= 15 is 0 Å². The maximum absolute atomic E-state index is 10.8. The Morgan fingerprint density at radius 3 is 3.10 bits per heavy atom. The summed E-state index contributed by atoms with van der Waals surface area (Å²) >= 11 is 0. The maximum atomic E-state index is 10.8. The summed E-state index contributed by atoms with van der Waals surface area (Å²) in [5, 5.41) is 8.46. The zero-order chi connectivity index (χ0) is 7.56. The Labute approximate surface area is 59.0 Å². The van der Waals surface area contributed by atoms with E-state index in [1.54, 1.807) is 7.05 Å². The molecule has 1 rings (SSSR count).